The van der Waals surface area contributed by atoms with Crippen molar-refractivity contribution in [3.8, 4) is 0 Å². The van der Waals surface area contributed by atoms with Crippen LogP contribution in [0.25, 0.3) is 21.8 Å². The fourth-order valence-corrected chi connectivity index (χ4v) is 3.26. The molecule has 4 rings (SSSR count). The second-order valence-corrected chi connectivity index (χ2v) is 6.53. The van der Waals surface area contributed by atoms with Crippen LogP contribution in [0.4, 0.5) is 5.82 Å². The van der Waals surface area contributed by atoms with Crippen LogP contribution in [0, 0.1) is 0 Å². The van der Waals surface area contributed by atoms with Gasteiger partial charge in [0.05, 0.1) is 24.7 Å². The van der Waals surface area contributed by atoms with E-state index in [4.69, 9.17) is 4.74 Å². The molecular weight excluding hydrogens is 368 g/mol. The van der Waals surface area contributed by atoms with Crippen LogP contribution in [0.3, 0.4) is 0 Å². The lowest BCUT2D eigenvalue weighted by Crippen LogP contribution is -2.27. The Kier molecular flexibility index (Phi) is 5.62. The highest BCUT2D eigenvalue weighted by Crippen LogP contribution is 2.19. The molecule has 0 saturated heterocycles. The van der Waals surface area contributed by atoms with E-state index in [2.05, 4.69) is 25.7 Å². The van der Waals surface area contributed by atoms with E-state index >= 15 is 0 Å². The van der Waals surface area contributed by atoms with Crippen LogP contribution in [-0.2, 0) is 11.3 Å². The van der Waals surface area contributed by atoms with Crippen molar-refractivity contribution in [2.75, 3.05) is 32.1 Å². The van der Waals surface area contributed by atoms with Crippen molar-refractivity contribution >= 4 is 33.5 Å². The van der Waals surface area contributed by atoms with Crippen molar-refractivity contribution in [1.29, 1.82) is 0 Å². The van der Waals surface area contributed by atoms with E-state index in [0.29, 0.717) is 31.8 Å². The van der Waals surface area contributed by atoms with Gasteiger partial charge in [0.25, 0.3) is 5.91 Å². The SMILES string of the molecule is COCCNc1ncnc2c1cnn2CCNC(=O)c1cccc2ccccc12. The molecule has 0 spiro atoms. The minimum atomic E-state index is -0.102. The zero-order valence-electron chi connectivity index (χ0n) is 16.1. The number of hydrogen-bond donors (Lipinski definition) is 2. The van der Waals surface area contributed by atoms with Gasteiger partial charge in [-0.3, -0.25) is 4.79 Å². The number of amides is 1. The number of nitrogens with one attached hydrogen (secondary N) is 2. The van der Waals surface area contributed by atoms with Crippen LogP contribution in [0.5, 0.6) is 0 Å². The molecule has 2 aromatic heterocycles. The van der Waals surface area contributed by atoms with Gasteiger partial charge in [-0.2, -0.15) is 5.10 Å². The molecular formula is C21H22N6O2. The topological polar surface area (TPSA) is 94.0 Å². The average molecular weight is 390 g/mol. The maximum absolute atomic E-state index is 12.7. The van der Waals surface area contributed by atoms with Crippen molar-refractivity contribution in [2.45, 2.75) is 6.54 Å². The van der Waals surface area contributed by atoms with Gasteiger partial charge in [0, 0.05) is 25.8 Å². The minimum Gasteiger partial charge on any atom is -0.383 e. The Balaban J connectivity index is 1.43. The summed E-state index contributed by atoms with van der Waals surface area (Å²) < 4.78 is 6.82. The molecule has 0 aliphatic heterocycles. The minimum absolute atomic E-state index is 0.102. The third kappa shape index (κ3) is 4.02. The first-order chi connectivity index (χ1) is 14.3. The summed E-state index contributed by atoms with van der Waals surface area (Å²) in [5.74, 6) is 0.618. The van der Waals surface area contributed by atoms with Gasteiger partial charge in [0.1, 0.15) is 12.1 Å². The lowest BCUT2D eigenvalue weighted by atomic mass is 10.0. The molecule has 148 valence electrons. The first-order valence-corrected chi connectivity index (χ1v) is 9.43. The Morgan fingerprint density at radius 2 is 1.93 bits per heavy atom. The van der Waals surface area contributed by atoms with Gasteiger partial charge in [-0.05, 0) is 16.8 Å². The van der Waals surface area contributed by atoms with Crippen LogP contribution in [0.2, 0.25) is 0 Å². The van der Waals surface area contributed by atoms with Crippen molar-refractivity contribution in [2.24, 2.45) is 0 Å². The standard InChI is InChI=1S/C21H22N6O2/c1-29-12-10-22-19-18-13-26-27(20(18)25-14-24-19)11-9-23-21(28)17-8-4-6-15-5-2-3-7-16(15)17/h2-8,13-14H,9-12H2,1H3,(H,23,28)(H,22,24,25). The number of ether oxygens (including phenoxy) is 1. The summed E-state index contributed by atoms with van der Waals surface area (Å²) >= 11 is 0. The van der Waals surface area contributed by atoms with Crippen LogP contribution in [0.15, 0.2) is 55.0 Å². The molecule has 2 N–H and O–H groups in total. The van der Waals surface area contributed by atoms with Gasteiger partial charge in [-0.25, -0.2) is 14.6 Å². The largest absolute Gasteiger partial charge is 0.383 e. The number of hydrogen-bond acceptors (Lipinski definition) is 6. The number of fused-ring (bicyclic) bond motifs is 2. The number of benzene rings is 2. The first-order valence-electron chi connectivity index (χ1n) is 9.43. The van der Waals surface area contributed by atoms with Crippen molar-refractivity contribution < 1.29 is 9.53 Å². The molecule has 0 aliphatic rings. The molecule has 0 saturated carbocycles. The van der Waals surface area contributed by atoms with Gasteiger partial charge < -0.3 is 15.4 Å². The molecule has 8 heteroatoms. The lowest BCUT2D eigenvalue weighted by molar-refractivity contribution is 0.0953. The van der Waals surface area contributed by atoms with E-state index in [-0.39, 0.29) is 5.91 Å². The highest BCUT2D eigenvalue weighted by Gasteiger charge is 2.11. The number of carbonyl (C=O) groups is 1. The third-order valence-electron chi connectivity index (χ3n) is 4.68. The fourth-order valence-electron chi connectivity index (χ4n) is 3.26. The van der Waals surface area contributed by atoms with Crippen LogP contribution in [-0.4, -0.2) is 52.5 Å². The maximum Gasteiger partial charge on any atom is 0.251 e. The Morgan fingerprint density at radius 3 is 2.83 bits per heavy atom. The predicted octanol–water partition coefficient (Wildman–Crippen LogP) is 2.47. The average Bonchev–Trinajstić information content (AvgIpc) is 3.17. The summed E-state index contributed by atoms with van der Waals surface area (Å²) in [6, 6.07) is 13.6. The first kappa shape index (κ1) is 18.8. The van der Waals surface area contributed by atoms with Crippen molar-refractivity contribution in [3.63, 3.8) is 0 Å². The molecule has 1 amide bonds. The molecule has 29 heavy (non-hydrogen) atoms. The van der Waals surface area contributed by atoms with Crippen LogP contribution < -0.4 is 10.6 Å². The number of anilines is 1. The van der Waals surface area contributed by atoms with Gasteiger partial charge in [0.15, 0.2) is 5.65 Å². The molecule has 8 nitrogen and oxygen atoms in total. The zero-order valence-corrected chi connectivity index (χ0v) is 16.1. The highest BCUT2D eigenvalue weighted by molar-refractivity contribution is 6.07. The summed E-state index contributed by atoms with van der Waals surface area (Å²) in [7, 11) is 1.65. The van der Waals surface area contributed by atoms with E-state index in [9.17, 15) is 4.79 Å². The zero-order chi connectivity index (χ0) is 20.1. The summed E-state index contributed by atoms with van der Waals surface area (Å²) in [5, 5.41) is 13.4. The third-order valence-corrected chi connectivity index (χ3v) is 4.68. The van der Waals surface area contributed by atoms with E-state index in [1.165, 1.54) is 6.33 Å². The predicted molar refractivity (Wildman–Crippen MR) is 112 cm³/mol. The summed E-state index contributed by atoms with van der Waals surface area (Å²) in [5.41, 5.74) is 1.39. The maximum atomic E-state index is 12.7. The monoisotopic (exact) mass is 390 g/mol. The molecule has 0 bridgehead atoms. The van der Waals surface area contributed by atoms with E-state index in [0.717, 1.165) is 27.6 Å². The summed E-state index contributed by atoms with van der Waals surface area (Å²) in [6.45, 7) is 2.18. The quantitative estimate of drug-likeness (QED) is 0.449. The number of rotatable bonds is 8. The summed E-state index contributed by atoms with van der Waals surface area (Å²) in [4.78, 5) is 21.3. The Hall–Kier alpha value is -3.52. The van der Waals surface area contributed by atoms with Crippen molar-refractivity contribution in [1.82, 2.24) is 25.1 Å². The van der Waals surface area contributed by atoms with Gasteiger partial charge in [-0.1, -0.05) is 36.4 Å². The van der Waals surface area contributed by atoms with Crippen molar-refractivity contribution in [3.05, 3.63) is 60.6 Å². The van der Waals surface area contributed by atoms with E-state index < -0.39 is 0 Å². The van der Waals surface area contributed by atoms with Gasteiger partial charge >= 0.3 is 0 Å². The number of carbonyl (C=O) groups excluding carboxylic acids is 1. The molecule has 2 heterocycles. The molecule has 4 aromatic rings. The lowest BCUT2D eigenvalue weighted by Gasteiger charge is -2.09. The number of methoxy groups -OCH3 is 1. The van der Waals surface area contributed by atoms with Gasteiger partial charge in [0.2, 0.25) is 0 Å². The number of aromatic nitrogens is 4. The molecule has 0 atom stereocenters. The molecule has 0 aliphatic carbocycles. The Labute approximate surface area is 167 Å². The van der Waals surface area contributed by atoms with E-state index in [1.54, 1.807) is 18.0 Å². The molecule has 0 unspecified atom stereocenters. The van der Waals surface area contributed by atoms with Crippen LogP contribution in [0.1, 0.15) is 10.4 Å². The number of nitrogens with zero attached hydrogens (tertiary/aromatic N) is 4. The Bertz CT molecular complexity index is 1140. The molecule has 0 radical (unpaired) electrons. The highest BCUT2D eigenvalue weighted by atomic mass is 16.5. The Morgan fingerprint density at radius 1 is 1.07 bits per heavy atom. The second-order valence-electron chi connectivity index (χ2n) is 6.53. The molecule has 2 aromatic carbocycles. The van der Waals surface area contributed by atoms with Crippen LogP contribution >= 0.6 is 0 Å². The van der Waals surface area contributed by atoms with Gasteiger partial charge in [-0.15, -0.1) is 0 Å². The summed E-state index contributed by atoms with van der Waals surface area (Å²) in [6.07, 6.45) is 3.24. The normalized spacial score (nSPS) is 11.1. The molecule has 0 fully saturated rings. The second kappa shape index (κ2) is 8.66. The fraction of sp³-hybridized carbons (Fsp3) is 0.238. The van der Waals surface area contributed by atoms with E-state index in [1.807, 2.05) is 42.5 Å². The smallest absolute Gasteiger partial charge is 0.251 e.